The Morgan fingerprint density at radius 1 is 1.10 bits per heavy atom. The lowest BCUT2D eigenvalue weighted by Crippen LogP contribution is -2.49. The van der Waals surface area contributed by atoms with E-state index in [-0.39, 0.29) is 6.09 Å². The third-order valence-electron chi connectivity index (χ3n) is 6.39. The van der Waals surface area contributed by atoms with E-state index < -0.39 is 0 Å². The number of carbonyl (C=O) groups is 1. The molecule has 0 aromatic heterocycles. The number of carbonyl (C=O) groups excluding carboxylic acids is 1. The van der Waals surface area contributed by atoms with Crippen LogP contribution in [0.1, 0.15) is 57.1 Å². The Balaban J connectivity index is 1.41. The van der Waals surface area contributed by atoms with Crippen molar-refractivity contribution in [3.63, 3.8) is 0 Å². The van der Waals surface area contributed by atoms with Gasteiger partial charge >= 0.3 is 6.09 Å². The maximum atomic E-state index is 11.8. The Bertz CT molecular complexity index is 713. The maximum Gasteiger partial charge on any atom is 0.409 e. The van der Waals surface area contributed by atoms with Crippen molar-refractivity contribution in [1.82, 2.24) is 20.4 Å². The Hall–Kier alpha value is -2.28. The zero-order chi connectivity index (χ0) is 22.1. The number of guanidine groups is 1. The third kappa shape index (κ3) is 7.13. The second kappa shape index (κ2) is 11.9. The smallest absolute Gasteiger partial charge is 0.409 e. The van der Waals surface area contributed by atoms with Gasteiger partial charge in [0.15, 0.2) is 5.96 Å². The van der Waals surface area contributed by atoms with E-state index in [0.29, 0.717) is 31.8 Å². The molecule has 0 aliphatic carbocycles. The molecule has 1 amide bonds. The molecule has 3 rings (SSSR count). The highest BCUT2D eigenvalue weighted by molar-refractivity contribution is 5.80. The van der Waals surface area contributed by atoms with Crippen molar-refractivity contribution in [3.8, 4) is 0 Å². The number of ether oxygens (including phenoxy) is 1. The Morgan fingerprint density at radius 3 is 2.45 bits per heavy atom. The van der Waals surface area contributed by atoms with Gasteiger partial charge in [-0.25, -0.2) is 4.79 Å². The highest BCUT2D eigenvalue weighted by atomic mass is 16.6. The zero-order valence-corrected chi connectivity index (χ0v) is 19.4. The van der Waals surface area contributed by atoms with Crippen molar-refractivity contribution in [2.75, 3.05) is 33.3 Å². The van der Waals surface area contributed by atoms with Gasteiger partial charge in [-0.2, -0.15) is 0 Å². The normalized spacial score (nSPS) is 21.1. The predicted octanol–water partition coefficient (Wildman–Crippen LogP) is 3.35. The fourth-order valence-corrected chi connectivity index (χ4v) is 4.38. The van der Waals surface area contributed by atoms with Crippen LogP contribution in [0.2, 0.25) is 0 Å². The molecule has 0 spiro atoms. The molecular weight excluding hydrogens is 390 g/mol. The molecule has 7 heteroatoms. The molecule has 7 nitrogen and oxygen atoms in total. The third-order valence-corrected chi connectivity index (χ3v) is 6.39. The first-order valence-corrected chi connectivity index (χ1v) is 11.8. The van der Waals surface area contributed by atoms with E-state index in [9.17, 15) is 4.79 Å². The average Bonchev–Trinajstić information content (AvgIpc) is 2.79. The van der Waals surface area contributed by atoms with Crippen LogP contribution in [-0.4, -0.2) is 67.2 Å². The van der Waals surface area contributed by atoms with Gasteiger partial charge in [-0.3, -0.25) is 9.89 Å². The first kappa shape index (κ1) is 23.4. The fourth-order valence-electron chi connectivity index (χ4n) is 4.38. The van der Waals surface area contributed by atoms with Crippen LogP contribution in [-0.2, 0) is 17.8 Å². The predicted molar refractivity (Wildman–Crippen MR) is 125 cm³/mol. The number of likely N-dealkylation sites (tertiary alicyclic amines) is 2. The summed E-state index contributed by atoms with van der Waals surface area (Å²) in [5.41, 5.74) is 2.63. The summed E-state index contributed by atoms with van der Waals surface area (Å²) in [6.07, 6.45) is 5.58. The second-order valence-corrected chi connectivity index (χ2v) is 8.66. The molecule has 172 valence electrons. The van der Waals surface area contributed by atoms with Crippen LogP contribution in [0.15, 0.2) is 29.3 Å². The van der Waals surface area contributed by atoms with Crippen molar-refractivity contribution >= 4 is 12.1 Å². The van der Waals surface area contributed by atoms with E-state index in [0.717, 1.165) is 31.9 Å². The molecular formula is C24H39N5O2. The largest absolute Gasteiger partial charge is 0.450 e. The number of nitrogens with one attached hydrogen (secondary N) is 2. The summed E-state index contributed by atoms with van der Waals surface area (Å²) >= 11 is 0. The number of aliphatic imine (C=N–C) groups is 1. The highest BCUT2D eigenvalue weighted by Gasteiger charge is 2.24. The van der Waals surface area contributed by atoms with Crippen LogP contribution >= 0.6 is 0 Å². The molecule has 31 heavy (non-hydrogen) atoms. The molecule has 0 radical (unpaired) electrons. The van der Waals surface area contributed by atoms with Crippen LogP contribution in [0.4, 0.5) is 4.79 Å². The number of rotatable bonds is 6. The first-order chi connectivity index (χ1) is 15.1. The standard InChI is InChI=1S/C24H39N5O2/c1-4-31-24(30)28-15-12-22(13-16-28)27-23(25-3)26-17-20-8-10-21(11-9-20)18-29-14-6-5-7-19(29)2/h8-11,19,22H,4-7,12-18H2,1-3H3,(H2,25,26,27). The van der Waals surface area contributed by atoms with E-state index in [4.69, 9.17) is 4.74 Å². The van der Waals surface area contributed by atoms with Gasteiger partial charge in [0.05, 0.1) is 6.61 Å². The zero-order valence-electron chi connectivity index (χ0n) is 19.4. The van der Waals surface area contributed by atoms with Gasteiger partial charge in [-0.15, -0.1) is 0 Å². The van der Waals surface area contributed by atoms with Gasteiger partial charge in [0.1, 0.15) is 0 Å². The molecule has 2 aliphatic rings. The summed E-state index contributed by atoms with van der Waals surface area (Å²) in [5, 5.41) is 6.91. The van der Waals surface area contributed by atoms with E-state index >= 15 is 0 Å². The summed E-state index contributed by atoms with van der Waals surface area (Å²) < 4.78 is 5.09. The fraction of sp³-hybridized carbons (Fsp3) is 0.667. The number of benzene rings is 1. The van der Waals surface area contributed by atoms with Crippen molar-refractivity contribution in [3.05, 3.63) is 35.4 Å². The summed E-state index contributed by atoms with van der Waals surface area (Å²) in [5.74, 6) is 0.806. The molecule has 1 aromatic rings. The van der Waals surface area contributed by atoms with Gasteiger partial charge in [0.2, 0.25) is 0 Å². The van der Waals surface area contributed by atoms with E-state index in [1.165, 1.54) is 36.9 Å². The molecule has 1 aromatic carbocycles. The second-order valence-electron chi connectivity index (χ2n) is 8.66. The van der Waals surface area contributed by atoms with Gasteiger partial charge in [-0.1, -0.05) is 30.7 Å². The van der Waals surface area contributed by atoms with Crippen LogP contribution in [0.3, 0.4) is 0 Å². The molecule has 0 saturated carbocycles. The van der Waals surface area contributed by atoms with Crippen molar-refractivity contribution < 1.29 is 9.53 Å². The van der Waals surface area contributed by atoms with Crippen molar-refractivity contribution in [2.24, 2.45) is 4.99 Å². The van der Waals surface area contributed by atoms with E-state index in [1.807, 2.05) is 6.92 Å². The molecule has 0 bridgehead atoms. The maximum absolute atomic E-state index is 11.8. The number of piperidine rings is 2. The quantitative estimate of drug-likeness (QED) is 0.536. The lowest BCUT2D eigenvalue weighted by atomic mass is 10.0. The minimum atomic E-state index is -0.207. The minimum Gasteiger partial charge on any atom is -0.450 e. The van der Waals surface area contributed by atoms with Crippen LogP contribution in [0.25, 0.3) is 0 Å². The molecule has 2 N–H and O–H groups in total. The summed E-state index contributed by atoms with van der Waals surface area (Å²) in [6.45, 7) is 9.03. The minimum absolute atomic E-state index is 0.207. The molecule has 2 saturated heterocycles. The van der Waals surface area contributed by atoms with E-state index in [2.05, 4.69) is 51.7 Å². The first-order valence-electron chi connectivity index (χ1n) is 11.8. The topological polar surface area (TPSA) is 69.2 Å². The average molecular weight is 430 g/mol. The number of hydrogen-bond acceptors (Lipinski definition) is 4. The molecule has 2 heterocycles. The van der Waals surface area contributed by atoms with Crippen LogP contribution < -0.4 is 10.6 Å². The Morgan fingerprint density at radius 2 is 1.81 bits per heavy atom. The van der Waals surface area contributed by atoms with Gasteiger partial charge in [-0.05, 0) is 57.2 Å². The molecule has 2 fully saturated rings. The van der Waals surface area contributed by atoms with E-state index in [1.54, 1.807) is 11.9 Å². The lowest BCUT2D eigenvalue weighted by Gasteiger charge is -2.33. The summed E-state index contributed by atoms with van der Waals surface area (Å²) in [7, 11) is 1.80. The summed E-state index contributed by atoms with van der Waals surface area (Å²) in [6, 6.07) is 9.92. The lowest BCUT2D eigenvalue weighted by molar-refractivity contribution is 0.0963. The van der Waals surface area contributed by atoms with Crippen LogP contribution in [0.5, 0.6) is 0 Å². The molecule has 1 unspecified atom stereocenters. The Labute approximate surface area is 187 Å². The number of nitrogens with zero attached hydrogens (tertiary/aromatic N) is 3. The molecule has 2 aliphatic heterocycles. The highest BCUT2D eigenvalue weighted by Crippen LogP contribution is 2.19. The Kier molecular flexibility index (Phi) is 9.00. The molecule has 1 atom stereocenters. The monoisotopic (exact) mass is 429 g/mol. The van der Waals surface area contributed by atoms with Crippen molar-refractivity contribution in [2.45, 2.75) is 71.1 Å². The number of hydrogen-bond donors (Lipinski definition) is 2. The van der Waals surface area contributed by atoms with Gasteiger partial charge in [0.25, 0.3) is 0 Å². The van der Waals surface area contributed by atoms with Crippen molar-refractivity contribution in [1.29, 1.82) is 0 Å². The SMILES string of the molecule is CCOC(=O)N1CCC(NC(=NC)NCc2ccc(CN3CCCCC3C)cc2)CC1. The summed E-state index contributed by atoms with van der Waals surface area (Å²) in [4.78, 5) is 20.6. The van der Waals surface area contributed by atoms with Crippen LogP contribution in [0, 0.1) is 0 Å². The number of amides is 1. The van der Waals surface area contributed by atoms with Gasteiger partial charge in [0, 0.05) is 45.3 Å². The van der Waals surface area contributed by atoms with Gasteiger partial charge < -0.3 is 20.3 Å².